The molecule has 0 aromatic carbocycles. The second-order valence-corrected chi connectivity index (χ2v) is 4.34. The highest BCUT2D eigenvalue weighted by Gasteiger charge is 2.04. The summed E-state index contributed by atoms with van der Waals surface area (Å²) in [7, 11) is 0. The molecule has 0 fully saturated rings. The normalized spacial score (nSPS) is 10.8. The third kappa shape index (κ3) is 4.55. The quantitative estimate of drug-likeness (QED) is 0.562. The van der Waals surface area contributed by atoms with E-state index in [1.165, 1.54) is 62.5 Å². The zero-order valence-corrected chi connectivity index (χ0v) is 10.2. The van der Waals surface area contributed by atoms with E-state index in [-0.39, 0.29) is 0 Å². The lowest BCUT2D eigenvalue weighted by Gasteiger charge is -2.01. The highest BCUT2D eigenvalue weighted by atomic mass is 16.3. The molecular formula is C14H24O. The SMILES string of the molecule is CCCCCc1cocc1CCCCC. The third-order valence-corrected chi connectivity index (χ3v) is 2.93. The molecule has 15 heavy (non-hydrogen) atoms. The minimum absolute atomic E-state index is 1.20. The van der Waals surface area contributed by atoms with Crippen molar-refractivity contribution >= 4 is 0 Å². The average molecular weight is 208 g/mol. The van der Waals surface area contributed by atoms with Crippen LogP contribution in [0.15, 0.2) is 16.9 Å². The van der Waals surface area contributed by atoms with Gasteiger partial charge in [-0.15, -0.1) is 0 Å². The second-order valence-electron chi connectivity index (χ2n) is 4.34. The van der Waals surface area contributed by atoms with Crippen LogP contribution in [0, 0.1) is 0 Å². The number of hydrogen-bond acceptors (Lipinski definition) is 1. The van der Waals surface area contributed by atoms with E-state index in [9.17, 15) is 0 Å². The Morgan fingerprint density at radius 1 is 0.800 bits per heavy atom. The smallest absolute Gasteiger partial charge is 0.0937 e. The van der Waals surface area contributed by atoms with Gasteiger partial charge in [0.05, 0.1) is 12.5 Å². The van der Waals surface area contributed by atoms with Gasteiger partial charge in [0.1, 0.15) is 0 Å². The minimum atomic E-state index is 1.20. The Labute approximate surface area is 93.9 Å². The van der Waals surface area contributed by atoms with Crippen LogP contribution in [0.5, 0.6) is 0 Å². The van der Waals surface area contributed by atoms with Crippen LogP contribution < -0.4 is 0 Å². The molecule has 0 aliphatic carbocycles. The fourth-order valence-electron chi connectivity index (χ4n) is 1.92. The van der Waals surface area contributed by atoms with E-state index in [2.05, 4.69) is 13.8 Å². The Kier molecular flexibility index (Phi) is 6.22. The summed E-state index contributed by atoms with van der Waals surface area (Å²) < 4.78 is 5.31. The first-order valence-electron chi connectivity index (χ1n) is 6.42. The molecule has 0 atom stereocenters. The monoisotopic (exact) mass is 208 g/mol. The molecule has 1 aromatic rings. The summed E-state index contributed by atoms with van der Waals surface area (Å²) in [5.41, 5.74) is 2.89. The van der Waals surface area contributed by atoms with Crippen molar-refractivity contribution in [3.8, 4) is 0 Å². The second kappa shape index (κ2) is 7.56. The van der Waals surface area contributed by atoms with Gasteiger partial charge in [-0.25, -0.2) is 0 Å². The van der Waals surface area contributed by atoms with E-state index in [4.69, 9.17) is 4.42 Å². The van der Waals surface area contributed by atoms with Crippen molar-refractivity contribution in [1.82, 2.24) is 0 Å². The summed E-state index contributed by atoms with van der Waals surface area (Å²) in [5, 5.41) is 0. The first-order chi connectivity index (χ1) is 7.38. The van der Waals surface area contributed by atoms with Crippen LogP contribution in [0.3, 0.4) is 0 Å². The van der Waals surface area contributed by atoms with Crippen molar-refractivity contribution in [2.24, 2.45) is 0 Å². The van der Waals surface area contributed by atoms with Crippen LogP contribution in [0.1, 0.15) is 63.5 Å². The number of aryl methyl sites for hydroxylation is 2. The average Bonchev–Trinajstić information content (AvgIpc) is 2.67. The Morgan fingerprint density at radius 3 is 1.67 bits per heavy atom. The Bertz CT molecular complexity index is 225. The van der Waals surface area contributed by atoms with Crippen LogP contribution in [0.2, 0.25) is 0 Å². The van der Waals surface area contributed by atoms with Crippen molar-refractivity contribution in [3.63, 3.8) is 0 Å². The van der Waals surface area contributed by atoms with Crippen molar-refractivity contribution in [2.45, 2.75) is 65.2 Å². The fraction of sp³-hybridized carbons (Fsp3) is 0.714. The standard InChI is InChI=1S/C14H24O/c1-3-5-7-9-13-11-15-12-14(13)10-8-6-4-2/h11-12H,3-10H2,1-2H3. The van der Waals surface area contributed by atoms with E-state index in [1.807, 2.05) is 12.5 Å². The third-order valence-electron chi connectivity index (χ3n) is 2.93. The van der Waals surface area contributed by atoms with Crippen LogP contribution in [0.25, 0.3) is 0 Å². The summed E-state index contributed by atoms with van der Waals surface area (Å²) in [6, 6.07) is 0. The van der Waals surface area contributed by atoms with Gasteiger partial charge in [0, 0.05) is 0 Å². The molecule has 1 rings (SSSR count). The van der Waals surface area contributed by atoms with Gasteiger partial charge < -0.3 is 4.42 Å². The molecule has 0 spiro atoms. The molecule has 0 saturated heterocycles. The molecule has 1 nitrogen and oxygen atoms in total. The summed E-state index contributed by atoms with van der Waals surface area (Å²) in [6.07, 6.45) is 14.1. The van der Waals surface area contributed by atoms with E-state index in [1.54, 1.807) is 0 Å². The molecule has 86 valence electrons. The van der Waals surface area contributed by atoms with Gasteiger partial charge in [-0.05, 0) is 36.8 Å². The summed E-state index contributed by atoms with van der Waals surface area (Å²) in [6.45, 7) is 4.50. The van der Waals surface area contributed by atoms with Crippen molar-refractivity contribution < 1.29 is 4.42 Å². The van der Waals surface area contributed by atoms with E-state index >= 15 is 0 Å². The highest BCUT2D eigenvalue weighted by Crippen LogP contribution is 2.17. The number of furan rings is 1. The lowest BCUT2D eigenvalue weighted by atomic mass is 10.0. The number of unbranched alkanes of at least 4 members (excludes halogenated alkanes) is 4. The molecule has 0 unspecified atom stereocenters. The van der Waals surface area contributed by atoms with E-state index in [0.717, 1.165) is 0 Å². The van der Waals surface area contributed by atoms with Crippen LogP contribution in [-0.2, 0) is 12.8 Å². The van der Waals surface area contributed by atoms with Crippen LogP contribution in [-0.4, -0.2) is 0 Å². The Morgan fingerprint density at radius 2 is 1.27 bits per heavy atom. The lowest BCUT2D eigenvalue weighted by Crippen LogP contribution is -1.90. The first kappa shape index (κ1) is 12.4. The topological polar surface area (TPSA) is 13.1 Å². The van der Waals surface area contributed by atoms with Gasteiger partial charge >= 0.3 is 0 Å². The van der Waals surface area contributed by atoms with Crippen molar-refractivity contribution in [1.29, 1.82) is 0 Å². The molecular weight excluding hydrogens is 184 g/mol. The molecule has 0 amide bonds. The Balaban J connectivity index is 2.32. The van der Waals surface area contributed by atoms with E-state index < -0.39 is 0 Å². The van der Waals surface area contributed by atoms with Crippen LogP contribution >= 0.6 is 0 Å². The molecule has 0 aliphatic heterocycles. The number of hydrogen-bond donors (Lipinski definition) is 0. The molecule has 0 bridgehead atoms. The molecule has 1 heterocycles. The summed E-state index contributed by atoms with van der Waals surface area (Å²) in [4.78, 5) is 0. The maximum Gasteiger partial charge on any atom is 0.0937 e. The fourth-order valence-corrected chi connectivity index (χ4v) is 1.92. The largest absolute Gasteiger partial charge is 0.472 e. The van der Waals surface area contributed by atoms with Gasteiger partial charge in [-0.3, -0.25) is 0 Å². The van der Waals surface area contributed by atoms with Gasteiger partial charge in [-0.2, -0.15) is 0 Å². The van der Waals surface area contributed by atoms with E-state index in [0.29, 0.717) is 0 Å². The Hall–Kier alpha value is -0.720. The molecule has 1 aromatic heterocycles. The van der Waals surface area contributed by atoms with Gasteiger partial charge in [0.2, 0.25) is 0 Å². The maximum absolute atomic E-state index is 5.31. The molecule has 0 N–H and O–H groups in total. The predicted molar refractivity (Wildman–Crippen MR) is 65.2 cm³/mol. The van der Waals surface area contributed by atoms with Crippen LogP contribution in [0.4, 0.5) is 0 Å². The molecule has 0 aliphatic rings. The lowest BCUT2D eigenvalue weighted by molar-refractivity contribution is 0.559. The van der Waals surface area contributed by atoms with Gasteiger partial charge in [-0.1, -0.05) is 39.5 Å². The molecule has 1 heteroatoms. The highest BCUT2D eigenvalue weighted by molar-refractivity contribution is 5.21. The zero-order valence-electron chi connectivity index (χ0n) is 10.2. The summed E-state index contributed by atoms with van der Waals surface area (Å²) in [5.74, 6) is 0. The first-order valence-corrected chi connectivity index (χ1v) is 6.42. The molecule has 0 radical (unpaired) electrons. The van der Waals surface area contributed by atoms with Gasteiger partial charge in [0.15, 0.2) is 0 Å². The number of rotatable bonds is 8. The van der Waals surface area contributed by atoms with Gasteiger partial charge in [0.25, 0.3) is 0 Å². The maximum atomic E-state index is 5.31. The summed E-state index contributed by atoms with van der Waals surface area (Å²) >= 11 is 0. The molecule has 0 saturated carbocycles. The van der Waals surface area contributed by atoms with Crippen molar-refractivity contribution in [2.75, 3.05) is 0 Å². The minimum Gasteiger partial charge on any atom is -0.472 e. The predicted octanol–water partition coefficient (Wildman–Crippen LogP) is 4.75. The van der Waals surface area contributed by atoms with Crippen molar-refractivity contribution in [3.05, 3.63) is 23.7 Å². The zero-order chi connectivity index (χ0) is 10.9.